The Balaban J connectivity index is 2.40. The number of benzene rings is 2. The molecule has 0 atom stereocenters. The van der Waals surface area contributed by atoms with Crippen molar-refractivity contribution >= 4 is 41.1 Å². The van der Waals surface area contributed by atoms with Crippen molar-refractivity contribution in [3.8, 4) is 11.5 Å². The summed E-state index contributed by atoms with van der Waals surface area (Å²) < 4.78 is 43.3. The molecule has 2 rings (SSSR count). The number of rotatable bonds is 3. The lowest BCUT2D eigenvalue weighted by atomic mass is 10.2. The number of carbonyl (C=O) groups is 1. The summed E-state index contributed by atoms with van der Waals surface area (Å²) in [6.45, 7) is 0. The van der Waals surface area contributed by atoms with Crippen LogP contribution < -0.4 is 4.74 Å². The quantitative estimate of drug-likeness (QED) is 0.596. The predicted molar refractivity (Wildman–Crippen MR) is 78.4 cm³/mol. The second-order valence-electron chi connectivity index (χ2n) is 4.17. The van der Waals surface area contributed by atoms with E-state index >= 15 is 0 Å². The molecular formula is C14H6Cl3F3O2. The van der Waals surface area contributed by atoms with E-state index in [-0.39, 0.29) is 32.1 Å². The molecule has 8 heteroatoms. The molecule has 0 amide bonds. The van der Waals surface area contributed by atoms with Gasteiger partial charge in [0.2, 0.25) is 0 Å². The van der Waals surface area contributed by atoms with Gasteiger partial charge in [-0.05, 0) is 30.3 Å². The summed E-state index contributed by atoms with van der Waals surface area (Å²) in [6.07, 6.45) is -4.05. The highest BCUT2D eigenvalue weighted by molar-refractivity contribution is 6.37. The van der Waals surface area contributed by atoms with Gasteiger partial charge in [-0.3, -0.25) is 4.79 Å². The van der Waals surface area contributed by atoms with Crippen LogP contribution in [0.2, 0.25) is 15.1 Å². The first kappa shape index (κ1) is 16.9. The maximum Gasteiger partial charge on any atom is 0.416 e. The fourth-order valence-electron chi connectivity index (χ4n) is 1.61. The fourth-order valence-corrected chi connectivity index (χ4v) is 2.34. The average molecular weight is 370 g/mol. The van der Waals surface area contributed by atoms with Gasteiger partial charge in [0.1, 0.15) is 5.75 Å². The van der Waals surface area contributed by atoms with E-state index < -0.39 is 11.7 Å². The number of carbonyl (C=O) groups excluding carboxylic acids is 1. The summed E-state index contributed by atoms with van der Waals surface area (Å²) in [5, 5.41) is -0.392. The van der Waals surface area contributed by atoms with Crippen LogP contribution in [-0.2, 0) is 6.18 Å². The summed E-state index contributed by atoms with van der Waals surface area (Å²) in [6, 6.07) is 5.57. The maximum atomic E-state index is 12.6. The molecule has 0 aromatic heterocycles. The van der Waals surface area contributed by atoms with Gasteiger partial charge in [-0.2, -0.15) is 13.2 Å². The molecule has 0 bridgehead atoms. The molecule has 2 aromatic rings. The van der Waals surface area contributed by atoms with E-state index in [1.807, 2.05) is 0 Å². The number of hydrogen-bond donors (Lipinski definition) is 0. The summed E-state index contributed by atoms with van der Waals surface area (Å²) in [5.41, 5.74) is -0.821. The van der Waals surface area contributed by atoms with Gasteiger partial charge >= 0.3 is 6.18 Å². The van der Waals surface area contributed by atoms with E-state index in [1.165, 1.54) is 18.2 Å². The first-order valence-corrected chi connectivity index (χ1v) is 6.84. The van der Waals surface area contributed by atoms with Gasteiger partial charge in [0.15, 0.2) is 12.0 Å². The van der Waals surface area contributed by atoms with E-state index in [1.54, 1.807) is 0 Å². The summed E-state index contributed by atoms with van der Waals surface area (Å²) in [4.78, 5) is 10.8. The Morgan fingerprint density at radius 3 is 2.05 bits per heavy atom. The third-order valence-corrected chi connectivity index (χ3v) is 3.55. The molecule has 0 unspecified atom stereocenters. The van der Waals surface area contributed by atoms with Crippen LogP contribution in [0.4, 0.5) is 13.2 Å². The molecule has 22 heavy (non-hydrogen) atoms. The smallest absolute Gasteiger partial charge is 0.416 e. The van der Waals surface area contributed by atoms with Gasteiger partial charge < -0.3 is 4.74 Å². The lowest BCUT2D eigenvalue weighted by Crippen LogP contribution is -2.05. The SMILES string of the molecule is O=Cc1cc(Oc2c(Cl)cc(C(F)(F)F)cc2Cl)ccc1Cl. The van der Waals surface area contributed by atoms with Crippen molar-refractivity contribution in [2.75, 3.05) is 0 Å². The highest BCUT2D eigenvalue weighted by atomic mass is 35.5. The highest BCUT2D eigenvalue weighted by Crippen LogP contribution is 2.41. The van der Waals surface area contributed by atoms with E-state index in [0.717, 1.165) is 0 Å². The zero-order valence-electron chi connectivity index (χ0n) is 10.5. The number of alkyl halides is 3. The fraction of sp³-hybridized carbons (Fsp3) is 0.0714. The Morgan fingerprint density at radius 2 is 1.55 bits per heavy atom. The van der Waals surface area contributed by atoms with Crippen molar-refractivity contribution in [2.45, 2.75) is 6.18 Å². The molecule has 0 spiro atoms. The van der Waals surface area contributed by atoms with Crippen LogP contribution in [0, 0.1) is 0 Å². The Hall–Kier alpha value is -1.43. The Bertz CT molecular complexity index is 707. The minimum Gasteiger partial charge on any atom is -0.454 e. The van der Waals surface area contributed by atoms with Crippen molar-refractivity contribution in [3.63, 3.8) is 0 Å². The zero-order chi connectivity index (χ0) is 16.5. The largest absolute Gasteiger partial charge is 0.454 e. The number of aldehydes is 1. The maximum absolute atomic E-state index is 12.6. The Kier molecular flexibility index (Phi) is 4.90. The van der Waals surface area contributed by atoms with E-state index in [0.29, 0.717) is 18.4 Å². The first-order chi connectivity index (χ1) is 10.2. The molecule has 116 valence electrons. The number of ether oxygens (including phenoxy) is 1. The standard InChI is InChI=1S/C14H6Cl3F3O2/c15-10-2-1-9(3-7(10)6-21)22-13-11(16)4-8(5-12(13)17)14(18,19)20/h1-6H. The summed E-state index contributed by atoms with van der Waals surface area (Å²) >= 11 is 17.3. The molecule has 0 N–H and O–H groups in total. The lowest BCUT2D eigenvalue weighted by Gasteiger charge is -2.13. The van der Waals surface area contributed by atoms with Crippen LogP contribution in [0.1, 0.15) is 15.9 Å². The summed E-state index contributed by atoms with van der Waals surface area (Å²) in [7, 11) is 0. The molecule has 0 aliphatic carbocycles. The average Bonchev–Trinajstić information content (AvgIpc) is 2.43. The number of halogens is 6. The molecule has 2 aromatic carbocycles. The van der Waals surface area contributed by atoms with Gasteiger partial charge in [-0.25, -0.2) is 0 Å². The Morgan fingerprint density at radius 1 is 0.955 bits per heavy atom. The van der Waals surface area contributed by atoms with Gasteiger partial charge in [-0.15, -0.1) is 0 Å². The van der Waals surface area contributed by atoms with Crippen molar-refractivity contribution in [3.05, 3.63) is 56.5 Å². The van der Waals surface area contributed by atoms with Crippen molar-refractivity contribution < 1.29 is 22.7 Å². The second kappa shape index (κ2) is 6.36. The molecule has 0 saturated carbocycles. The molecule has 0 saturated heterocycles. The van der Waals surface area contributed by atoms with Crippen LogP contribution in [0.25, 0.3) is 0 Å². The molecule has 0 aliphatic heterocycles. The van der Waals surface area contributed by atoms with Crippen molar-refractivity contribution in [2.24, 2.45) is 0 Å². The second-order valence-corrected chi connectivity index (χ2v) is 5.39. The molecule has 0 aliphatic rings. The summed E-state index contributed by atoms with van der Waals surface area (Å²) in [5.74, 6) is 0.0190. The number of hydrogen-bond acceptors (Lipinski definition) is 2. The van der Waals surface area contributed by atoms with Gasteiger partial charge in [-0.1, -0.05) is 34.8 Å². The molecule has 0 fully saturated rings. The normalized spacial score (nSPS) is 11.4. The minimum atomic E-state index is -4.57. The molecule has 0 heterocycles. The third-order valence-electron chi connectivity index (χ3n) is 2.64. The van der Waals surface area contributed by atoms with Crippen LogP contribution >= 0.6 is 34.8 Å². The molecule has 2 nitrogen and oxygen atoms in total. The highest BCUT2D eigenvalue weighted by Gasteiger charge is 2.32. The first-order valence-electron chi connectivity index (χ1n) is 5.71. The molecule has 0 radical (unpaired) electrons. The predicted octanol–water partition coefficient (Wildman–Crippen LogP) is 6.27. The van der Waals surface area contributed by atoms with E-state index in [4.69, 9.17) is 39.5 Å². The Labute approximate surface area is 138 Å². The van der Waals surface area contributed by atoms with E-state index in [2.05, 4.69) is 0 Å². The third kappa shape index (κ3) is 3.66. The van der Waals surface area contributed by atoms with Crippen LogP contribution in [0.3, 0.4) is 0 Å². The van der Waals surface area contributed by atoms with Crippen LogP contribution in [0.5, 0.6) is 11.5 Å². The van der Waals surface area contributed by atoms with Gasteiger partial charge in [0.25, 0.3) is 0 Å². The van der Waals surface area contributed by atoms with Crippen LogP contribution in [0.15, 0.2) is 30.3 Å². The van der Waals surface area contributed by atoms with Crippen molar-refractivity contribution in [1.82, 2.24) is 0 Å². The topological polar surface area (TPSA) is 26.3 Å². The molecular weight excluding hydrogens is 364 g/mol. The van der Waals surface area contributed by atoms with E-state index in [9.17, 15) is 18.0 Å². The van der Waals surface area contributed by atoms with Crippen LogP contribution in [-0.4, -0.2) is 6.29 Å². The van der Waals surface area contributed by atoms with Gasteiger partial charge in [0, 0.05) is 5.56 Å². The lowest BCUT2D eigenvalue weighted by molar-refractivity contribution is -0.137. The van der Waals surface area contributed by atoms with Crippen molar-refractivity contribution in [1.29, 1.82) is 0 Å². The monoisotopic (exact) mass is 368 g/mol. The minimum absolute atomic E-state index is 0.143. The zero-order valence-corrected chi connectivity index (χ0v) is 12.8. The van der Waals surface area contributed by atoms with Gasteiger partial charge in [0.05, 0.1) is 20.6 Å².